The maximum Gasteiger partial charge on any atom is 0.341 e. The van der Waals surface area contributed by atoms with Crippen molar-refractivity contribution in [1.29, 1.82) is 0 Å². The fourth-order valence-electron chi connectivity index (χ4n) is 0.809. The first-order valence-electron chi connectivity index (χ1n) is 3.48. The van der Waals surface area contributed by atoms with Gasteiger partial charge in [-0.2, -0.15) is 0 Å². The highest BCUT2D eigenvalue weighted by atomic mass is 35.5. The second kappa shape index (κ2) is 4.44. The summed E-state index contributed by atoms with van der Waals surface area (Å²) in [5.74, 6) is -0.236. The number of aromatic nitrogens is 1. The molecule has 0 unspecified atom stereocenters. The van der Waals surface area contributed by atoms with Gasteiger partial charge in [0, 0.05) is 0 Å². The van der Waals surface area contributed by atoms with E-state index in [0.29, 0.717) is 5.69 Å². The van der Waals surface area contributed by atoms with Gasteiger partial charge in [-0.3, -0.25) is 0 Å². The lowest BCUT2D eigenvalue weighted by Gasteiger charge is -2.02. The van der Waals surface area contributed by atoms with E-state index in [9.17, 15) is 4.79 Å². The van der Waals surface area contributed by atoms with Gasteiger partial charge in [0.15, 0.2) is 0 Å². The molecule has 0 atom stereocenters. The molecular weight excluding hydrogens is 213 g/mol. The molecular formula is C8H7Cl2NO2. The lowest BCUT2D eigenvalue weighted by molar-refractivity contribution is 0.0600. The highest BCUT2D eigenvalue weighted by Gasteiger charge is 2.11. The second-order valence-corrected chi connectivity index (χ2v) is 2.89. The van der Waals surface area contributed by atoms with Crippen LogP contribution in [-0.2, 0) is 10.6 Å². The molecule has 1 aromatic heterocycles. The summed E-state index contributed by atoms with van der Waals surface area (Å²) >= 11 is 11.2. The van der Waals surface area contributed by atoms with Crippen LogP contribution < -0.4 is 0 Å². The Balaban J connectivity index is 3.05. The van der Waals surface area contributed by atoms with Crippen molar-refractivity contribution in [1.82, 2.24) is 4.98 Å². The Morgan fingerprint density at radius 1 is 1.62 bits per heavy atom. The van der Waals surface area contributed by atoms with E-state index in [4.69, 9.17) is 23.2 Å². The minimum atomic E-state index is -0.501. The van der Waals surface area contributed by atoms with Crippen LogP contribution >= 0.6 is 23.2 Å². The molecule has 0 bridgehead atoms. The smallest absolute Gasteiger partial charge is 0.341 e. The highest BCUT2D eigenvalue weighted by molar-refractivity contribution is 6.32. The summed E-state index contributed by atoms with van der Waals surface area (Å²) < 4.78 is 4.49. The number of alkyl halides is 1. The van der Waals surface area contributed by atoms with Crippen molar-refractivity contribution in [2.45, 2.75) is 5.88 Å². The molecule has 0 saturated heterocycles. The predicted octanol–water partition coefficient (Wildman–Crippen LogP) is 2.26. The number of hydrogen-bond acceptors (Lipinski definition) is 3. The lowest BCUT2D eigenvalue weighted by atomic mass is 10.2. The van der Waals surface area contributed by atoms with Gasteiger partial charge in [-0.15, -0.1) is 11.6 Å². The summed E-state index contributed by atoms with van der Waals surface area (Å²) in [6.07, 6.45) is 0. The molecule has 0 N–H and O–H groups in total. The summed E-state index contributed by atoms with van der Waals surface area (Å²) in [7, 11) is 1.29. The summed E-state index contributed by atoms with van der Waals surface area (Å²) in [5.41, 5.74) is 0.873. The van der Waals surface area contributed by atoms with Crippen molar-refractivity contribution in [2.75, 3.05) is 7.11 Å². The number of methoxy groups -OCH3 is 1. The molecule has 3 nitrogen and oxygen atoms in total. The van der Waals surface area contributed by atoms with E-state index in [1.807, 2.05) is 0 Å². The first kappa shape index (κ1) is 10.3. The minimum absolute atomic E-state index is 0.116. The number of hydrogen-bond donors (Lipinski definition) is 0. The van der Waals surface area contributed by atoms with Crippen molar-refractivity contribution in [3.8, 4) is 0 Å². The number of rotatable bonds is 2. The van der Waals surface area contributed by atoms with Crippen LogP contribution in [-0.4, -0.2) is 18.1 Å². The Kier molecular flexibility index (Phi) is 3.51. The third-order valence-electron chi connectivity index (χ3n) is 1.45. The molecule has 13 heavy (non-hydrogen) atoms. The Morgan fingerprint density at radius 2 is 2.31 bits per heavy atom. The van der Waals surface area contributed by atoms with Crippen LogP contribution in [0.25, 0.3) is 0 Å². The Bertz CT molecular complexity index is 328. The summed E-state index contributed by atoms with van der Waals surface area (Å²) in [6, 6.07) is 3.17. The van der Waals surface area contributed by atoms with Gasteiger partial charge in [-0.1, -0.05) is 11.6 Å². The minimum Gasteiger partial charge on any atom is -0.465 e. The van der Waals surface area contributed by atoms with E-state index in [2.05, 4.69) is 9.72 Å². The van der Waals surface area contributed by atoms with Crippen LogP contribution in [0.4, 0.5) is 0 Å². The van der Waals surface area contributed by atoms with Crippen LogP contribution in [0.1, 0.15) is 16.1 Å². The molecule has 1 rings (SSSR count). The van der Waals surface area contributed by atoms with E-state index < -0.39 is 5.97 Å². The summed E-state index contributed by atoms with van der Waals surface area (Å²) in [6.45, 7) is 0. The molecule has 0 amide bonds. The number of carbonyl (C=O) groups is 1. The van der Waals surface area contributed by atoms with Gasteiger partial charge in [0.05, 0.1) is 24.2 Å². The number of carbonyl (C=O) groups excluding carboxylic acids is 1. The van der Waals surface area contributed by atoms with Crippen molar-refractivity contribution < 1.29 is 9.53 Å². The van der Waals surface area contributed by atoms with Crippen molar-refractivity contribution in [2.24, 2.45) is 0 Å². The van der Waals surface area contributed by atoms with Gasteiger partial charge in [0.2, 0.25) is 0 Å². The van der Waals surface area contributed by atoms with E-state index in [-0.39, 0.29) is 16.6 Å². The first-order valence-corrected chi connectivity index (χ1v) is 4.40. The molecule has 1 aromatic rings. The number of halogens is 2. The average molecular weight is 220 g/mol. The van der Waals surface area contributed by atoms with E-state index in [0.717, 1.165) is 0 Å². The van der Waals surface area contributed by atoms with Gasteiger partial charge in [0.1, 0.15) is 5.15 Å². The largest absolute Gasteiger partial charge is 0.465 e. The van der Waals surface area contributed by atoms with Crippen LogP contribution in [0.2, 0.25) is 5.15 Å². The van der Waals surface area contributed by atoms with Crippen molar-refractivity contribution in [3.63, 3.8) is 0 Å². The zero-order valence-electron chi connectivity index (χ0n) is 6.88. The number of esters is 1. The van der Waals surface area contributed by atoms with Gasteiger partial charge >= 0.3 is 5.97 Å². The number of ether oxygens (including phenoxy) is 1. The molecule has 0 radical (unpaired) electrons. The zero-order valence-corrected chi connectivity index (χ0v) is 8.39. The molecule has 0 aliphatic carbocycles. The molecule has 70 valence electrons. The Morgan fingerprint density at radius 3 is 2.77 bits per heavy atom. The van der Waals surface area contributed by atoms with E-state index in [1.165, 1.54) is 7.11 Å². The fraction of sp³-hybridized carbons (Fsp3) is 0.250. The number of pyridine rings is 1. The van der Waals surface area contributed by atoms with Crippen LogP contribution in [0, 0.1) is 0 Å². The monoisotopic (exact) mass is 219 g/mol. The van der Waals surface area contributed by atoms with Gasteiger partial charge < -0.3 is 4.74 Å². The zero-order chi connectivity index (χ0) is 9.84. The molecule has 0 aliphatic heterocycles. The summed E-state index contributed by atoms with van der Waals surface area (Å²) in [5, 5.41) is 0.116. The van der Waals surface area contributed by atoms with Crippen LogP contribution in [0.3, 0.4) is 0 Å². The highest BCUT2D eigenvalue weighted by Crippen LogP contribution is 2.15. The Labute approximate surface area is 85.6 Å². The van der Waals surface area contributed by atoms with E-state index >= 15 is 0 Å². The van der Waals surface area contributed by atoms with Crippen LogP contribution in [0.15, 0.2) is 12.1 Å². The van der Waals surface area contributed by atoms with Gasteiger partial charge in [-0.05, 0) is 12.1 Å². The average Bonchev–Trinajstić information content (AvgIpc) is 2.16. The fourth-order valence-corrected chi connectivity index (χ4v) is 1.21. The van der Waals surface area contributed by atoms with E-state index in [1.54, 1.807) is 12.1 Å². The standard InChI is InChI=1S/C8H7Cl2NO2/c1-13-8(12)6-3-2-5(4-9)11-7(6)10/h2-3H,4H2,1H3. The molecule has 0 fully saturated rings. The lowest BCUT2D eigenvalue weighted by Crippen LogP contribution is -2.03. The topological polar surface area (TPSA) is 39.2 Å². The molecule has 0 spiro atoms. The van der Waals surface area contributed by atoms with Gasteiger partial charge in [-0.25, -0.2) is 9.78 Å². The predicted molar refractivity (Wildman–Crippen MR) is 50.1 cm³/mol. The van der Waals surface area contributed by atoms with Crippen molar-refractivity contribution >= 4 is 29.2 Å². The van der Waals surface area contributed by atoms with Gasteiger partial charge in [0.25, 0.3) is 0 Å². The Hall–Kier alpha value is -0.800. The van der Waals surface area contributed by atoms with Crippen LogP contribution in [0.5, 0.6) is 0 Å². The third kappa shape index (κ3) is 2.32. The third-order valence-corrected chi connectivity index (χ3v) is 2.01. The maximum atomic E-state index is 11.1. The first-order chi connectivity index (χ1) is 6.19. The number of nitrogens with zero attached hydrogens (tertiary/aromatic N) is 1. The molecule has 0 aliphatic rings. The molecule has 5 heteroatoms. The second-order valence-electron chi connectivity index (χ2n) is 2.27. The maximum absolute atomic E-state index is 11.1. The molecule has 0 saturated carbocycles. The summed E-state index contributed by atoms with van der Waals surface area (Å²) in [4.78, 5) is 14.9. The molecule has 0 aromatic carbocycles. The molecule has 1 heterocycles. The SMILES string of the molecule is COC(=O)c1ccc(CCl)nc1Cl. The normalized spacial score (nSPS) is 9.77. The van der Waals surface area contributed by atoms with Crippen molar-refractivity contribution in [3.05, 3.63) is 28.5 Å². The quantitative estimate of drug-likeness (QED) is 0.436.